The van der Waals surface area contributed by atoms with Gasteiger partial charge in [-0.15, -0.1) is 0 Å². The van der Waals surface area contributed by atoms with Crippen molar-refractivity contribution in [1.29, 1.82) is 5.26 Å². The molecule has 4 rings (SSSR count). The average Bonchev–Trinajstić information content (AvgIpc) is 2.80. The summed E-state index contributed by atoms with van der Waals surface area (Å²) in [7, 11) is 0. The van der Waals surface area contributed by atoms with Gasteiger partial charge in [-0.1, -0.05) is 30.3 Å². The molecular formula is C25H23FN4O. The van der Waals surface area contributed by atoms with Crippen LogP contribution < -0.4 is 10.2 Å². The Bertz CT molecular complexity index is 1100. The van der Waals surface area contributed by atoms with Crippen molar-refractivity contribution in [3.05, 3.63) is 95.3 Å². The number of hydrogen-bond acceptors (Lipinski definition) is 4. The number of piperazine rings is 1. The van der Waals surface area contributed by atoms with E-state index in [2.05, 4.69) is 10.2 Å². The summed E-state index contributed by atoms with van der Waals surface area (Å²) in [5, 5.41) is 11.8. The summed E-state index contributed by atoms with van der Waals surface area (Å²) < 4.78 is 14.3. The molecule has 5 nitrogen and oxygen atoms in total. The monoisotopic (exact) mass is 414 g/mol. The Morgan fingerprint density at radius 2 is 1.74 bits per heavy atom. The van der Waals surface area contributed by atoms with Gasteiger partial charge in [-0.25, -0.2) is 4.39 Å². The molecule has 3 aromatic rings. The fourth-order valence-electron chi connectivity index (χ4n) is 3.77. The maximum absolute atomic E-state index is 14.3. The quantitative estimate of drug-likeness (QED) is 0.677. The van der Waals surface area contributed by atoms with Crippen molar-refractivity contribution < 1.29 is 9.18 Å². The van der Waals surface area contributed by atoms with Crippen LogP contribution in [0.5, 0.6) is 0 Å². The van der Waals surface area contributed by atoms with Crippen LogP contribution >= 0.6 is 0 Å². The van der Waals surface area contributed by atoms with Crippen LogP contribution in [-0.4, -0.2) is 37.0 Å². The largest absolute Gasteiger partial charge is 0.367 e. The zero-order chi connectivity index (χ0) is 21.6. The van der Waals surface area contributed by atoms with E-state index >= 15 is 0 Å². The Kier molecular flexibility index (Phi) is 6.25. The molecule has 1 aliphatic rings. The molecule has 1 amide bonds. The fraction of sp³-hybridized carbons (Fsp3) is 0.200. The van der Waals surface area contributed by atoms with Crippen LogP contribution in [-0.2, 0) is 6.54 Å². The third-order valence-corrected chi connectivity index (χ3v) is 5.42. The lowest BCUT2D eigenvalue weighted by molar-refractivity contribution is 0.102. The third-order valence-electron chi connectivity index (χ3n) is 5.42. The predicted molar refractivity (Wildman–Crippen MR) is 119 cm³/mol. The van der Waals surface area contributed by atoms with E-state index in [1.54, 1.807) is 12.1 Å². The maximum atomic E-state index is 14.3. The van der Waals surface area contributed by atoms with E-state index in [9.17, 15) is 9.18 Å². The second-order valence-electron chi connectivity index (χ2n) is 7.56. The fourth-order valence-corrected chi connectivity index (χ4v) is 3.77. The molecule has 1 N–H and O–H groups in total. The summed E-state index contributed by atoms with van der Waals surface area (Å²) in [6.45, 7) is 3.73. The van der Waals surface area contributed by atoms with Gasteiger partial charge in [-0.2, -0.15) is 5.26 Å². The van der Waals surface area contributed by atoms with E-state index in [0.717, 1.165) is 30.9 Å². The van der Waals surface area contributed by atoms with E-state index in [0.29, 0.717) is 29.9 Å². The predicted octanol–water partition coefficient (Wildman–Crippen LogP) is 4.27. The highest BCUT2D eigenvalue weighted by atomic mass is 19.1. The van der Waals surface area contributed by atoms with E-state index in [1.807, 2.05) is 65.6 Å². The van der Waals surface area contributed by atoms with Gasteiger partial charge >= 0.3 is 0 Å². The molecule has 0 radical (unpaired) electrons. The van der Waals surface area contributed by atoms with Crippen LogP contribution in [0.4, 0.5) is 15.8 Å². The molecule has 1 fully saturated rings. The molecule has 6 heteroatoms. The number of halogens is 1. The number of benzene rings is 3. The molecule has 0 unspecified atom stereocenters. The van der Waals surface area contributed by atoms with Crippen molar-refractivity contribution in [1.82, 2.24) is 4.90 Å². The number of carbonyl (C=O) groups is 1. The maximum Gasteiger partial charge on any atom is 0.255 e. The highest BCUT2D eigenvalue weighted by Gasteiger charge is 2.20. The minimum absolute atomic E-state index is 0.130. The van der Waals surface area contributed by atoms with Gasteiger partial charge in [0, 0.05) is 44.0 Å². The lowest BCUT2D eigenvalue weighted by Gasteiger charge is -2.36. The van der Waals surface area contributed by atoms with Crippen molar-refractivity contribution in [2.45, 2.75) is 6.54 Å². The number of nitrogens with zero attached hydrogens (tertiary/aromatic N) is 3. The topological polar surface area (TPSA) is 59.4 Å². The van der Waals surface area contributed by atoms with Gasteiger partial charge in [0.25, 0.3) is 5.91 Å². The van der Waals surface area contributed by atoms with Gasteiger partial charge in [0.2, 0.25) is 0 Å². The summed E-state index contributed by atoms with van der Waals surface area (Å²) in [4.78, 5) is 16.9. The lowest BCUT2D eigenvalue weighted by Crippen LogP contribution is -2.46. The number of amides is 1. The van der Waals surface area contributed by atoms with Crippen molar-refractivity contribution >= 4 is 17.3 Å². The summed E-state index contributed by atoms with van der Waals surface area (Å²) >= 11 is 0. The molecule has 0 spiro atoms. The molecule has 0 bridgehead atoms. The summed E-state index contributed by atoms with van der Waals surface area (Å²) in [6.07, 6.45) is 0. The van der Waals surface area contributed by atoms with E-state index in [1.165, 1.54) is 6.07 Å². The minimum Gasteiger partial charge on any atom is -0.367 e. The number of hydrogen-bond donors (Lipinski definition) is 1. The van der Waals surface area contributed by atoms with Crippen LogP contribution in [0.25, 0.3) is 0 Å². The van der Waals surface area contributed by atoms with Crippen LogP contribution in [0.1, 0.15) is 21.5 Å². The standard InChI is InChI=1S/C25H23FN4O/c26-23-16-19(17-27)9-10-24(23)30-13-11-29(12-14-30)18-20-5-4-6-21(15-20)25(31)28-22-7-2-1-3-8-22/h1-10,15-16H,11-14,18H2,(H,28,31). The van der Waals surface area contributed by atoms with Crippen molar-refractivity contribution in [2.24, 2.45) is 0 Å². The Morgan fingerprint density at radius 3 is 2.45 bits per heavy atom. The second-order valence-corrected chi connectivity index (χ2v) is 7.56. The first-order valence-electron chi connectivity index (χ1n) is 10.2. The Hall–Kier alpha value is -3.69. The van der Waals surface area contributed by atoms with E-state index in [4.69, 9.17) is 5.26 Å². The molecule has 31 heavy (non-hydrogen) atoms. The zero-order valence-electron chi connectivity index (χ0n) is 17.1. The van der Waals surface area contributed by atoms with Gasteiger partial charge < -0.3 is 10.2 Å². The molecule has 0 aromatic heterocycles. The molecule has 1 aliphatic heterocycles. The average molecular weight is 414 g/mol. The van der Waals surface area contributed by atoms with Crippen LogP contribution in [0.2, 0.25) is 0 Å². The second kappa shape index (κ2) is 9.41. The molecule has 156 valence electrons. The van der Waals surface area contributed by atoms with Crippen LogP contribution in [0.3, 0.4) is 0 Å². The summed E-state index contributed by atoms with van der Waals surface area (Å²) in [5.74, 6) is -0.487. The molecule has 3 aromatic carbocycles. The highest BCUT2D eigenvalue weighted by molar-refractivity contribution is 6.04. The Labute approximate surface area is 181 Å². The smallest absolute Gasteiger partial charge is 0.255 e. The molecule has 0 aliphatic carbocycles. The number of carbonyl (C=O) groups excluding carboxylic acids is 1. The number of nitrogens with one attached hydrogen (secondary N) is 1. The molecule has 1 saturated heterocycles. The summed E-state index contributed by atoms with van der Waals surface area (Å²) in [5.41, 5.74) is 3.33. The van der Waals surface area contributed by atoms with Gasteiger partial charge in [0.1, 0.15) is 5.82 Å². The lowest BCUT2D eigenvalue weighted by atomic mass is 10.1. The minimum atomic E-state index is -0.357. The molecule has 0 saturated carbocycles. The number of anilines is 2. The van der Waals surface area contributed by atoms with Crippen molar-refractivity contribution in [3.8, 4) is 6.07 Å². The molecule has 1 heterocycles. The summed E-state index contributed by atoms with van der Waals surface area (Å²) in [6, 6.07) is 23.6. The van der Waals surface area contributed by atoms with Crippen molar-refractivity contribution in [2.75, 3.05) is 36.4 Å². The molecular weight excluding hydrogens is 391 g/mol. The first-order chi connectivity index (χ1) is 15.1. The number of rotatable bonds is 5. The number of para-hydroxylation sites is 1. The van der Waals surface area contributed by atoms with Gasteiger partial charge in [0.15, 0.2) is 0 Å². The van der Waals surface area contributed by atoms with E-state index < -0.39 is 0 Å². The first kappa shape index (κ1) is 20.6. The highest BCUT2D eigenvalue weighted by Crippen LogP contribution is 2.22. The molecule has 0 atom stereocenters. The third kappa shape index (κ3) is 5.08. The number of nitriles is 1. The van der Waals surface area contributed by atoms with Gasteiger partial charge in [-0.3, -0.25) is 9.69 Å². The van der Waals surface area contributed by atoms with Gasteiger partial charge in [0.05, 0.1) is 17.3 Å². The zero-order valence-corrected chi connectivity index (χ0v) is 17.1. The Morgan fingerprint density at radius 1 is 0.968 bits per heavy atom. The first-order valence-corrected chi connectivity index (χ1v) is 10.2. The Balaban J connectivity index is 1.35. The normalized spacial score (nSPS) is 14.1. The SMILES string of the molecule is N#Cc1ccc(N2CCN(Cc3cccc(C(=O)Nc4ccccc4)c3)CC2)c(F)c1. The van der Waals surface area contributed by atoms with Gasteiger partial charge in [-0.05, 0) is 48.0 Å². The van der Waals surface area contributed by atoms with Crippen LogP contribution in [0, 0.1) is 17.1 Å². The van der Waals surface area contributed by atoms with Crippen molar-refractivity contribution in [3.63, 3.8) is 0 Å². The van der Waals surface area contributed by atoms with Crippen LogP contribution in [0.15, 0.2) is 72.8 Å². The van der Waals surface area contributed by atoms with E-state index in [-0.39, 0.29) is 11.7 Å².